The molecule has 0 amide bonds. The summed E-state index contributed by atoms with van der Waals surface area (Å²) < 4.78 is 27.2. The van der Waals surface area contributed by atoms with Crippen LogP contribution in [0.25, 0.3) is 0 Å². The lowest BCUT2D eigenvalue weighted by atomic mass is 9.89. The van der Waals surface area contributed by atoms with Crippen LogP contribution in [0.5, 0.6) is 0 Å². The smallest absolute Gasteiger partial charge is 0.281 e. The summed E-state index contributed by atoms with van der Waals surface area (Å²) in [6.45, 7) is 1.50. The van der Waals surface area contributed by atoms with Crippen molar-refractivity contribution in [2.75, 3.05) is 33.7 Å². The van der Waals surface area contributed by atoms with Gasteiger partial charge in [0.25, 0.3) is 10.2 Å². The Bertz CT molecular complexity index is 516. The molecule has 0 radical (unpaired) electrons. The zero-order chi connectivity index (χ0) is 14.0. The molecule has 19 heavy (non-hydrogen) atoms. The molecular formula is C13H21N3O2S. The molecule has 5 nitrogen and oxygen atoms in total. The van der Waals surface area contributed by atoms with Gasteiger partial charge in [-0.1, -0.05) is 30.3 Å². The first-order chi connectivity index (χ1) is 8.96. The molecule has 0 spiro atoms. The van der Waals surface area contributed by atoms with Gasteiger partial charge >= 0.3 is 0 Å². The summed E-state index contributed by atoms with van der Waals surface area (Å²) in [7, 11) is -0.233. The number of nitrogens with two attached hydrogens (primary N) is 1. The lowest BCUT2D eigenvalue weighted by molar-refractivity contribution is 0.411. The van der Waals surface area contributed by atoms with Gasteiger partial charge in [0, 0.05) is 33.1 Å². The number of nitrogens with zero attached hydrogens (tertiary/aromatic N) is 2. The highest BCUT2D eigenvalue weighted by atomic mass is 32.2. The first-order valence-corrected chi connectivity index (χ1v) is 7.79. The predicted molar refractivity (Wildman–Crippen MR) is 75.9 cm³/mol. The van der Waals surface area contributed by atoms with Crippen LogP contribution in [0.1, 0.15) is 11.5 Å². The van der Waals surface area contributed by atoms with Crippen LogP contribution in [-0.2, 0) is 10.2 Å². The first kappa shape index (κ1) is 14.5. The Hall–Kier alpha value is -0.950. The lowest BCUT2D eigenvalue weighted by Crippen LogP contribution is -2.39. The summed E-state index contributed by atoms with van der Waals surface area (Å²) in [6, 6.07) is 10.0. The highest BCUT2D eigenvalue weighted by Crippen LogP contribution is 2.33. The molecular weight excluding hydrogens is 262 g/mol. The minimum absolute atomic E-state index is 0.178. The summed E-state index contributed by atoms with van der Waals surface area (Å²) in [5, 5.41) is 0. The molecule has 1 aliphatic rings. The van der Waals surface area contributed by atoms with Crippen molar-refractivity contribution in [3.05, 3.63) is 35.9 Å². The van der Waals surface area contributed by atoms with Crippen molar-refractivity contribution < 1.29 is 8.42 Å². The second-order valence-corrected chi connectivity index (χ2v) is 7.26. The van der Waals surface area contributed by atoms with E-state index in [1.807, 2.05) is 30.3 Å². The van der Waals surface area contributed by atoms with Crippen LogP contribution in [0.2, 0.25) is 0 Å². The third-order valence-corrected chi connectivity index (χ3v) is 5.60. The van der Waals surface area contributed by atoms with E-state index in [1.54, 1.807) is 14.1 Å². The molecule has 0 unspecified atom stereocenters. The quantitative estimate of drug-likeness (QED) is 0.873. The van der Waals surface area contributed by atoms with E-state index in [4.69, 9.17) is 5.73 Å². The van der Waals surface area contributed by atoms with E-state index in [2.05, 4.69) is 0 Å². The third-order valence-electron chi connectivity index (χ3n) is 3.73. The maximum atomic E-state index is 12.2. The van der Waals surface area contributed by atoms with Gasteiger partial charge in [0.2, 0.25) is 0 Å². The van der Waals surface area contributed by atoms with Gasteiger partial charge < -0.3 is 5.73 Å². The molecule has 0 aromatic heterocycles. The average molecular weight is 283 g/mol. The fourth-order valence-electron chi connectivity index (χ4n) is 2.57. The van der Waals surface area contributed by atoms with E-state index < -0.39 is 10.2 Å². The Morgan fingerprint density at radius 2 is 1.89 bits per heavy atom. The molecule has 1 aromatic carbocycles. The van der Waals surface area contributed by atoms with Gasteiger partial charge in [0.15, 0.2) is 0 Å². The van der Waals surface area contributed by atoms with Crippen molar-refractivity contribution in [1.29, 1.82) is 0 Å². The van der Waals surface area contributed by atoms with Crippen molar-refractivity contribution in [3.8, 4) is 0 Å². The van der Waals surface area contributed by atoms with Crippen LogP contribution in [0.4, 0.5) is 0 Å². The summed E-state index contributed by atoms with van der Waals surface area (Å²) in [6.07, 6.45) is 0. The van der Waals surface area contributed by atoms with E-state index in [0.717, 1.165) is 5.56 Å². The molecule has 106 valence electrons. The standard InChI is InChI=1S/C13H21N3O2S/c1-15(2)19(17,18)16-9-12(8-14)13(10-16)11-6-4-3-5-7-11/h3-7,12-13H,8-10,14H2,1-2H3/t12-,13+/m1/s1. The molecule has 1 aliphatic heterocycles. The monoisotopic (exact) mass is 283 g/mol. The molecule has 0 bridgehead atoms. The van der Waals surface area contributed by atoms with Crippen LogP contribution < -0.4 is 5.73 Å². The topological polar surface area (TPSA) is 66.6 Å². The Morgan fingerprint density at radius 3 is 2.42 bits per heavy atom. The Labute approximate surface area is 115 Å². The molecule has 2 N–H and O–H groups in total. The number of rotatable bonds is 4. The highest BCUT2D eigenvalue weighted by molar-refractivity contribution is 7.86. The number of hydrogen-bond donors (Lipinski definition) is 1. The predicted octanol–water partition coefficient (Wildman–Crippen LogP) is 0.467. The van der Waals surface area contributed by atoms with Crippen molar-refractivity contribution in [1.82, 2.24) is 8.61 Å². The van der Waals surface area contributed by atoms with Crippen molar-refractivity contribution in [2.45, 2.75) is 5.92 Å². The van der Waals surface area contributed by atoms with Gasteiger partial charge in [-0.2, -0.15) is 17.0 Å². The molecule has 2 atom stereocenters. The molecule has 1 aromatic rings. The van der Waals surface area contributed by atoms with Crippen molar-refractivity contribution in [2.24, 2.45) is 11.7 Å². The summed E-state index contributed by atoms with van der Waals surface area (Å²) in [5.74, 6) is 0.359. The molecule has 6 heteroatoms. The van der Waals surface area contributed by atoms with Crippen molar-refractivity contribution >= 4 is 10.2 Å². The summed E-state index contributed by atoms with van der Waals surface area (Å²) in [5.41, 5.74) is 6.97. The molecule has 1 heterocycles. The van der Waals surface area contributed by atoms with Crippen molar-refractivity contribution in [3.63, 3.8) is 0 Å². The van der Waals surface area contributed by atoms with E-state index in [1.165, 1.54) is 8.61 Å². The van der Waals surface area contributed by atoms with Gasteiger partial charge in [-0.25, -0.2) is 0 Å². The Balaban J connectivity index is 2.24. The van der Waals surface area contributed by atoms with Crippen LogP contribution >= 0.6 is 0 Å². The highest BCUT2D eigenvalue weighted by Gasteiger charge is 2.39. The zero-order valence-electron chi connectivity index (χ0n) is 11.4. The molecule has 1 saturated heterocycles. The molecule has 1 fully saturated rings. The zero-order valence-corrected chi connectivity index (χ0v) is 12.2. The van der Waals surface area contributed by atoms with Gasteiger partial charge in [-0.15, -0.1) is 0 Å². The minimum Gasteiger partial charge on any atom is -0.330 e. The van der Waals surface area contributed by atoms with E-state index in [9.17, 15) is 8.42 Å². The second kappa shape index (κ2) is 5.58. The summed E-state index contributed by atoms with van der Waals surface area (Å²) in [4.78, 5) is 0. The van der Waals surface area contributed by atoms with Crippen LogP contribution in [0.15, 0.2) is 30.3 Å². The Morgan fingerprint density at radius 1 is 1.26 bits per heavy atom. The first-order valence-electron chi connectivity index (χ1n) is 6.39. The van der Waals surface area contributed by atoms with Crippen LogP contribution in [0.3, 0.4) is 0 Å². The van der Waals surface area contributed by atoms with Gasteiger partial charge in [-0.3, -0.25) is 0 Å². The second-order valence-electron chi connectivity index (χ2n) is 5.12. The van der Waals surface area contributed by atoms with Gasteiger partial charge in [0.1, 0.15) is 0 Å². The van der Waals surface area contributed by atoms with Crippen LogP contribution in [-0.4, -0.2) is 50.8 Å². The van der Waals surface area contributed by atoms with E-state index >= 15 is 0 Å². The largest absolute Gasteiger partial charge is 0.330 e. The maximum Gasteiger partial charge on any atom is 0.281 e. The summed E-state index contributed by atoms with van der Waals surface area (Å²) >= 11 is 0. The van der Waals surface area contributed by atoms with Crippen LogP contribution in [0, 0.1) is 5.92 Å². The SMILES string of the molecule is CN(C)S(=O)(=O)N1C[C@@H](CN)[C@H](c2ccccc2)C1. The lowest BCUT2D eigenvalue weighted by Gasteiger charge is -2.20. The van der Waals surface area contributed by atoms with E-state index in [0.29, 0.717) is 19.6 Å². The number of hydrogen-bond acceptors (Lipinski definition) is 3. The fourth-order valence-corrected chi connectivity index (χ4v) is 3.76. The maximum absolute atomic E-state index is 12.2. The van der Waals surface area contributed by atoms with Gasteiger partial charge in [-0.05, 0) is 18.0 Å². The third kappa shape index (κ3) is 2.81. The number of benzene rings is 1. The molecule has 0 aliphatic carbocycles. The average Bonchev–Trinajstić information content (AvgIpc) is 2.84. The molecule has 2 rings (SSSR count). The Kier molecular flexibility index (Phi) is 4.25. The minimum atomic E-state index is -3.35. The van der Waals surface area contributed by atoms with Gasteiger partial charge in [0.05, 0.1) is 0 Å². The fraction of sp³-hybridized carbons (Fsp3) is 0.538. The van der Waals surface area contributed by atoms with E-state index in [-0.39, 0.29) is 11.8 Å². The normalized spacial score (nSPS) is 25.1. The molecule has 0 saturated carbocycles.